The van der Waals surface area contributed by atoms with Crippen LogP contribution in [0.15, 0.2) is 0 Å². The molecule has 0 aromatic carbocycles. The summed E-state index contributed by atoms with van der Waals surface area (Å²) in [6.45, 7) is 1.84. The van der Waals surface area contributed by atoms with Crippen molar-refractivity contribution in [2.24, 2.45) is 0 Å². The third-order valence-electron chi connectivity index (χ3n) is 1.57. The molecule has 5 heteroatoms. The Morgan fingerprint density at radius 1 is 1.64 bits per heavy atom. The second-order valence-electron chi connectivity index (χ2n) is 2.73. The second-order valence-corrected chi connectivity index (χ2v) is 4.28. The molecule has 64 valence electrons. The van der Waals surface area contributed by atoms with E-state index in [1.54, 1.807) is 0 Å². The Kier molecular flexibility index (Phi) is 2.62. The van der Waals surface area contributed by atoms with E-state index in [2.05, 4.69) is 5.32 Å². The molecule has 1 heterocycles. The zero-order valence-electron chi connectivity index (χ0n) is 6.24. The number of hydrogen-bond donors (Lipinski definition) is 2. The average Bonchev–Trinajstić information content (AvgIpc) is 1.85. The third-order valence-corrected chi connectivity index (χ3v) is 3.15. The minimum absolute atomic E-state index is 0.0469. The standard InChI is InChI=1S/C6H11NO3S/c1-4-2-11(10)3-5(7-4)6(8)9/h4-5,7H,2-3H2,1H3,(H,8,9)/t4-,5-,11-/m1/s1. The molecule has 0 saturated carbocycles. The molecule has 2 N–H and O–H groups in total. The Labute approximate surface area is 67.4 Å². The zero-order valence-corrected chi connectivity index (χ0v) is 7.06. The molecule has 1 fully saturated rings. The third kappa shape index (κ3) is 2.27. The van der Waals surface area contributed by atoms with Crippen molar-refractivity contribution in [3.8, 4) is 0 Å². The number of hydrogen-bond acceptors (Lipinski definition) is 3. The molecule has 0 radical (unpaired) electrons. The van der Waals surface area contributed by atoms with Gasteiger partial charge in [0.1, 0.15) is 6.04 Å². The van der Waals surface area contributed by atoms with Gasteiger partial charge in [0.15, 0.2) is 0 Å². The van der Waals surface area contributed by atoms with Crippen LogP contribution in [0.5, 0.6) is 0 Å². The Balaban J connectivity index is 2.56. The molecule has 0 unspecified atom stereocenters. The van der Waals surface area contributed by atoms with Crippen LogP contribution < -0.4 is 5.32 Å². The van der Waals surface area contributed by atoms with Gasteiger partial charge in [0.2, 0.25) is 0 Å². The second kappa shape index (κ2) is 3.32. The van der Waals surface area contributed by atoms with Crippen molar-refractivity contribution in [3.63, 3.8) is 0 Å². The maximum Gasteiger partial charge on any atom is 0.321 e. The summed E-state index contributed by atoms with van der Waals surface area (Å²) in [6.07, 6.45) is 0. The van der Waals surface area contributed by atoms with E-state index >= 15 is 0 Å². The molecular formula is C6H11NO3S. The van der Waals surface area contributed by atoms with Crippen molar-refractivity contribution in [1.82, 2.24) is 5.32 Å². The van der Waals surface area contributed by atoms with Gasteiger partial charge in [-0.2, -0.15) is 0 Å². The highest BCUT2D eigenvalue weighted by Gasteiger charge is 2.27. The monoisotopic (exact) mass is 177 g/mol. The van der Waals surface area contributed by atoms with Crippen molar-refractivity contribution in [1.29, 1.82) is 0 Å². The van der Waals surface area contributed by atoms with Crippen molar-refractivity contribution in [2.45, 2.75) is 19.0 Å². The Morgan fingerprint density at radius 3 is 2.73 bits per heavy atom. The van der Waals surface area contributed by atoms with Gasteiger partial charge in [0.25, 0.3) is 0 Å². The van der Waals surface area contributed by atoms with Gasteiger partial charge < -0.3 is 10.4 Å². The molecule has 0 bridgehead atoms. The van der Waals surface area contributed by atoms with Gasteiger partial charge in [-0.05, 0) is 6.92 Å². The maximum atomic E-state index is 11.0. The van der Waals surface area contributed by atoms with Crippen molar-refractivity contribution >= 4 is 16.8 Å². The van der Waals surface area contributed by atoms with Crippen LogP contribution in [0, 0.1) is 0 Å². The smallest absolute Gasteiger partial charge is 0.321 e. The predicted molar refractivity (Wildman–Crippen MR) is 41.9 cm³/mol. The molecule has 0 aliphatic carbocycles. The number of carbonyl (C=O) groups is 1. The fraction of sp³-hybridized carbons (Fsp3) is 0.833. The molecule has 0 spiro atoms. The highest BCUT2D eigenvalue weighted by atomic mass is 32.2. The Morgan fingerprint density at radius 2 is 2.27 bits per heavy atom. The number of rotatable bonds is 1. The van der Waals surface area contributed by atoms with Crippen LogP contribution in [0.3, 0.4) is 0 Å². The minimum atomic E-state index is -0.964. The van der Waals surface area contributed by atoms with Gasteiger partial charge >= 0.3 is 5.97 Å². The van der Waals surface area contributed by atoms with Gasteiger partial charge in [-0.25, -0.2) is 0 Å². The average molecular weight is 177 g/mol. The minimum Gasteiger partial charge on any atom is -0.480 e. The zero-order chi connectivity index (χ0) is 8.43. The highest BCUT2D eigenvalue weighted by Crippen LogP contribution is 2.02. The summed E-state index contributed by atoms with van der Waals surface area (Å²) in [5.41, 5.74) is 0. The predicted octanol–water partition coefficient (Wildman–Crippen LogP) is -0.820. The highest BCUT2D eigenvalue weighted by molar-refractivity contribution is 7.85. The summed E-state index contributed by atoms with van der Waals surface area (Å²) in [6, 6.07) is -0.578. The van der Waals surface area contributed by atoms with E-state index in [1.165, 1.54) is 0 Å². The first-order valence-corrected chi connectivity index (χ1v) is 4.92. The molecule has 0 aromatic heterocycles. The maximum absolute atomic E-state index is 11.0. The molecular weight excluding hydrogens is 166 g/mol. The molecule has 0 aromatic rings. The first kappa shape index (κ1) is 8.67. The van der Waals surface area contributed by atoms with Gasteiger partial charge in [-0.1, -0.05) is 0 Å². The van der Waals surface area contributed by atoms with Crippen molar-refractivity contribution in [3.05, 3.63) is 0 Å². The van der Waals surface area contributed by atoms with Gasteiger partial charge in [-0.15, -0.1) is 0 Å². The lowest BCUT2D eigenvalue weighted by Crippen LogP contribution is -2.52. The molecule has 1 saturated heterocycles. The van der Waals surface area contributed by atoms with Crippen LogP contribution in [0.1, 0.15) is 6.92 Å². The van der Waals surface area contributed by atoms with Crippen LogP contribution in [0.2, 0.25) is 0 Å². The van der Waals surface area contributed by atoms with Gasteiger partial charge in [0.05, 0.1) is 0 Å². The van der Waals surface area contributed by atoms with E-state index in [-0.39, 0.29) is 11.8 Å². The van der Waals surface area contributed by atoms with Crippen LogP contribution in [-0.2, 0) is 15.6 Å². The molecule has 1 rings (SSSR count). The molecule has 4 nitrogen and oxygen atoms in total. The fourth-order valence-corrected chi connectivity index (χ4v) is 2.52. The summed E-state index contributed by atoms with van der Waals surface area (Å²) in [7, 11) is -0.964. The number of aliphatic carboxylic acids is 1. The Bertz CT molecular complexity index is 194. The van der Waals surface area contributed by atoms with Gasteiger partial charge in [-0.3, -0.25) is 9.00 Å². The number of nitrogens with one attached hydrogen (secondary N) is 1. The van der Waals surface area contributed by atoms with E-state index in [1.807, 2.05) is 6.92 Å². The summed E-state index contributed by atoms with van der Waals surface area (Å²) in [4.78, 5) is 10.4. The summed E-state index contributed by atoms with van der Waals surface area (Å²) >= 11 is 0. The van der Waals surface area contributed by atoms with Crippen LogP contribution in [0.4, 0.5) is 0 Å². The van der Waals surface area contributed by atoms with Crippen molar-refractivity contribution in [2.75, 3.05) is 11.5 Å². The van der Waals surface area contributed by atoms with Crippen molar-refractivity contribution < 1.29 is 14.1 Å². The number of carboxylic acids is 1. The summed E-state index contributed by atoms with van der Waals surface area (Å²) < 4.78 is 11.0. The lowest BCUT2D eigenvalue weighted by Gasteiger charge is -2.24. The molecule has 0 amide bonds. The largest absolute Gasteiger partial charge is 0.480 e. The molecule has 11 heavy (non-hydrogen) atoms. The normalized spacial score (nSPS) is 38.5. The molecule has 1 aliphatic heterocycles. The number of carboxylic acid groups (broad SMARTS) is 1. The van der Waals surface area contributed by atoms with Gasteiger partial charge in [0, 0.05) is 28.3 Å². The lowest BCUT2D eigenvalue weighted by molar-refractivity contribution is -0.139. The summed E-state index contributed by atoms with van der Waals surface area (Å²) in [5, 5.41) is 11.4. The quantitative estimate of drug-likeness (QED) is 0.549. The SMILES string of the molecule is C[C@@H]1C[S@@](=O)C[C@H](C(=O)O)N1. The van der Waals surface area contributed by atoms with E-state index in [0.717, 1.165) is 0 Å². The van der Waals surface area contributed by atoms with E-state index < -0.39 is 22.8 Å². The van der Waals surface area contributed by atoms with E-state index in [4.69, 9.17) is 5.11 Å². The van der Waals surface area contributed by atoms with E-state index in [9.17, 15) is 9.00 Å². The summed E-state index contributed by atoms with van der Waals surface area (Å²) in [5.74, 6) is -0.117. The lowest BCUT2D eigenvalue weighted by atomic mass is 10.3. The van der Waals surface area contributed by atoms with E-state index in [0.29, 0.717) is 5.75 Å². The molecule has 1 aliphatic rings. The van der Waals surface area contributed by atoms with Crippen LogP contribution >= 0.6 is 0 Å². The topological polar surface area (TPSA) is 66.4 Å². The fourth-order valence-electron chi connectivity index (χ4n) is 1.12. The Hall–Kier alpha value is -0.420. The van der Waals surface area contributed by atoms with Crippen LogP contribution in [0.25, 0.3) is 0 Å². The molecule has 3 atom stereocenters. The first-order valence-electron chi connectivity index (χ1n) is 3.43. The van der Waals surface area contributed by atoms with Crippen LogP contribution in [-0.4, -0.2) is 38.9 Å². The first-order chi connectivity index (χ1) is 5.09.